The van der Waals surface area contributed by atoms with Gasteiger partial charge in [0.05, 0.1) is 17.6 Å². The molecule has 0 amide bonds. The summed E-state index contributed by atoms with van der Waals surface area (Å²) in [4.78, 5) is 7.24. The van der Waals surface area contributed by atoms with E-state index in [4.69, 9.17) is 0 Å². The molecule has 1 N–H and O–H groups in total. The molecule has 0 atom stereocenters. The first-order chi connectivity index (χ1) is 12.3. The zero-order chi connectivity index (χ0) is 18.7. The van der Waals surface area contributed by atoms with Gasteiger partial charge in [0.1, 0.15) is 11.6 Å². The molecule has 3 rings (SSSR count). The fourth-order valence-corrected chi connectivity index (χ4v) is 2.33. The van der Waals surface area contributed by atoms with E-state index in [1.165, 1.54) is 42.6 Å². The van der Waals surface area contributed by atoms with Crippen LogP contribution in [0.15, 0.2) is 54.9 Å². The van der Waals surface area contributed by atoms with E-state index in [0.29, 0.717) is 5.56 Å². The first kappa shape index (κ1) is 17.8. The predicted molar refractivity (Wildman–Crippen MR) is 86.2 cm³/mol. The molecule has 1 aromatic carbocycles. The van der Waals surface area contributed by atoms with Crippen molar-refractivity contribution in [1.29, 1.82) is 0 Å². The summed E-state index contributed by atoms with van der Waals surface area (Å²) in [6.45, 7) is 0.0614. The number of pyridine rings is 2. The van der Waals surface area contributed by atoms with Gasteiger partial charge in [0.25, 0.3) is 0 Å². The number of nitrogens with zero attached hydrogens (tertiary/aromatic N) is 2. The Kier molecular flexibility index (Phi) is 4.83. The van der Waals surface area contributed by atoms with Crippen LogP contribution >= 0.6 is 0 Å². The largest absolute Gasteiger partial charge is 0.435 e. The second-order valence-corrected chi connectivity index (χ2v) is 5.46. The highest BCUT2D eigenvalue weighted by molar-refractivity contribution is 5.62. The SMILES string of the molecule is Fc1ccc(CNc2ccc(-c3cncc(F)c3)nc2C(F)(F)F)cc1. The molecular weight excluding hydrogens is 353 g/mol. The minimum atomic E-state index is -4.71. The standard InChI is InChI=1S/C18H12F5N3/c19-13-3-1-11(2-4-13)8-25-16-6-5-15(26-17(16)18(21,22)23)12-7-14(20)10-24-9-12/h1-7,9-10,25H,8H2. The van der Waals surface area contributed by atoms with Gasteiger partial charge in [-0.3, -0.25) is 4.98 Å². The topological polar surface area (TPSA) is 37.8 Å². The first-order valence-electron chi connectivity index (χ1n) is 7.50. The van der Waals surface area contributed by atoms with Gasteiger partial charge in [-0.25, -0.2) is 13.8 Å². The van der Waals surface area contributed by atoms with Crippen molar-refractivity contribution in [3.63, 3.8) is 0 Å². The molecule has 0 saturated carbocycles. The van der Waals surface area contributed by atoms with Crippen LogP contribution in [0.2, 0.25) is 0 Å². The van der Waals surface area contributed by atoms with Crippen LogP contribution in [0.25, 0.3) is 11.3 Å². The average Bonchev–Trinajstić information content (AvgIpc) is 2.60. The van der Waals surface area contributed by atoms with E-state index in [1.54, 1.807) is 0 Å². The maximum atomic E-state index is 13.4. The maximum Gasteiger partial charge on any atom is 0.435 e. The molecule has 134 valence electrons. The lowest BCUT2D eigenvalue weighted by Gasteiger charge is -2.15. The van der Waals surface area contributed by atoms with Crippen molar-refractivity contribution >= 4 is 5.69 Å². The van der Waals surface area contributed by atoms with Crippen LogP contribution in [0, 0.1) is 11.6 Å². The van der Waals surface area contributed by atoms with Crippen LogP contribution in [0.3, 0.4) is 0 Å². The monoisotopic (exact) mass is 365 g/mol. The summed E-state index contributed by atoms with van der Waals surface area (Å²) in [6, 6.07) is 9.00. The quantitative estimate of drug-likeness (QED) is 0.658. The van der Waals surface area contributed by atoms with Crippen LogP contribution < -0.4 is 5.32 Å². The molecule has 0 aliphatic heterocycles. The van der Waals surface area contributed by atoms with E-state index in [9.17, 15) is 22.0 Å². The summed E-state index contributed by atoms with van der Waals surface area (Å²) in [7, 11) is 0. The lowest BCUT2D eigenvalue weighted by Crippen LogP contribution is -2.13. The van der Waals surface area contributed by atoms with E-state index >= 15 is 0 Å². The molecule has 0 bridgehead atoms. The molecular formula is C18H12F5N3. The molecule has 0 aliphatic rings. The highest BCUT2D eigenvalue weighted by Gasteiger charge is 2.36. The normalized spacial score (nSPS) is 11.4. The van der Waals surface area contributed by atoms with Crippen molar-refractivity contribution in [3.8, 4) is 11.3 Å². The lowest BCUT2D eigenvalue weighted by atomic mass is 10.1. The lowest BCUT2D eigenvalue weighted by molar-refractivity contribution is -0.140. The molecule has 8 heteroatoms. The van der Waals surface area contributed by atoms with Crippen LogP contribution in [0.5, 0.6) is 0 Å². The fourth-order valence-electron chi connectivity index (χ4n) is 2.33. The number of aromatic nitrogens is 2. The van der Waals surface area contributed by atoms with Crippen molar-refractivity contribution in [2.45, 2.75) is 12.7 Å². The predicted octanol–water partition coefficient (Wildman–Crippen LogP) is 5.05. The Morgan fingerprint density at radius 3 is 2.27 bits per heavy atom. The number of nitrogens with one attached hydrogen (secondary N) is 1. The molecule has 26 heavy (non-hydrogen) atoms. The van der Waals surface area contributed by atoms with Gasteiger partial charge in [-0.15, -0.1) is 0 Å². The van der Waals surface area contributed by atoms with Crippen molar-refractivity contribution in [3.05, 3.63) is 77.8 Å². The van der Waals surface area contributed by atoms with Crippen LogP contribution in [-0.4, -0.2) is 9.97 Å². The molecule has 2 aromatic heterocycles. The average molecular weight is 365 g/mol. The summed E-state index contributed by atoms with van der Waals surface area (Å²) in [5.41, 5.74) is -0.647. The number of hydrogen-bond donors (Lipinski definition) is 1. The van der Waals surface area contributed by atoms with E-state index < -0.39 is 23.5 Å². The van der Waals surface area contributed by atoms with Gasteiger partial charge in [0.15, 0.2) is 5.69 Å². The fraction of sp³-hybridized carbons (Fsp3) is 0.111. The first-order valence-corrected chi connectivity index (χ1v) is 7.50. The molecule has 0 aliphatic carbocycles. The number of anilines is 1. The minimum Gasteiger partial charge on any atom is -0.379 e. The van der Waals surface area contributed by atoms with Crippen molar-refractivity contribution in [1.82, 2.24) is 9.97 Å². The Morgan fingerprint density at radius 2 is 1.62 bits per heavy atom. The maximum absolute atomic E-state index is 13.4. The summed E-state index contributed by atoms with van der Waals surface area (Å²) >= 11 is 0. The highest BCUT2D eigenvalue weighted by atomic mass is 19.4. The molecule has 0 radical (unpaired) electrons. The number of alkyl halides is 3. The van der Waals surface area contributed by atoms with Gasteiger partial charge in [-0.2, -0.15) is 13.2 Å². The summed E-state index contributed by atoms with van der Waals surface area (Å²) in [5, 5.41) is 2.65. The molecule has 0 unspecified atom stereocenters. The zero-order valence-electron chi connectivity index (χ0n) is 13.2. The second-order valence-electron chi connectivity index (χ2n) is 5.46. The van der Waals surface area contributed by atoms with Gasteiger partial charge >= 0.3 is 6.18 Å². The van der Waals surface area contributed by atoms with Crippen LogP contribution in [0.1, 0.15) is 11.3 Å². The Balaban J connectivity index is 1.91. The Bertz CT molecular complexity index is 907. The Hall–Kier alpha value is -3.03. The summed E-state index contributed by atoms with van der Waals surface area (Å²) in [5.74, 6) is -1.10. The third-order valence-corrected chi connectivity index (χ3v) is 3.56. The van der Waals surface area contributed by atoms with Crippen molar-refractivity contribution in [2.75, 3.05) is 5.32 Å². The van der Waals surface area contributed by atoms with Crippen molar-refractivity contribution < 1.29 is 22.0 Å². The number of benzene rings is 1. The van der Waals surface area contributed by atoms with Gasteiger partial charge in [-0.05, 0) is 35.9 Å². The molecule has 0 saturated heterocycles. The molecule has 3 aromatic rings. The van der Waals surface area contributed by atoms with E-state index in [2.05, 4.69) is 15.3 Å². The number of rotatable bonds is 4. The second kappa shape index (κ2) is 7.07. The van der Waals surface area contributed by atoms with E-state index in [1.807, 2.05) is 0 Å². The van der Waals surface area contributed by atoms with Crippen molar-refractivity contribution in [2.24, 2.45) is 0 Å². The zero-order valence-corrected chi connectivity index (χ0v) is 13.2. The Labute approximate surface area is 145 Å². The third-order valence-electron chi connectivity index (χ3n) is 3.56. The van der Waals surface area contributed by atoms with Gasteiger partial charge in [-0.1, -0.05) is 12.1 Å². The summed E-state index contributed by atoms with van der Waals surface area (Å²) in [6.07, 6.45) is -2.52. The van der Waals surface area contributed by atoms with E-state index in [-0.39, 0.29) is 23.5 Å². The van der Waals surface area contributed by atoms with E-state index in [0.717, 1.165) is 12.3 Å². The number of hydrogen-bond acceptors (Lipinski definition) is 3. The number of halogens is 5. The molecule has 3 nitrogen and oxygen atoms in total. The molecule has 2 heterocycles. The van der Waals surface area contributed by atoms with Gasteiger partial charge in [0.2, 0.25) is 0 Å². The summed E-state index contributed by atoms with van der Waals surface area (Å²) < 4.78 is 66.2. The highest BCUT2D eigenvalue weighted by Crippen LogP contribution is 2.35. The minimum absolute atomic E-state index is 0.0448. The van der Waals surface area contributed by atoms with Gasteiger partial charge in [0, 0.05) is 18.3 Å². The molecule has 0 fully saturated rings. The van der Waals surface area contributed by atoms with Gasteiger partial charge < -0.3 is 5.32 Å². The van der Waals surface area contributed by atoms with Crippen LogP contribution in [-0.2, 0) is 12.7 Å². The third kappa shape index (κ3) is 4.14. The molecule has 0 spiro atoms. The van der Waals surface area contributed by atoms with Crippen LogP contribution in [0.4, 0.5) is 27.6 Å². The smallest absolute Gasteiger partial charge is 0.379 e. The Morgan fingerprint density at radius 1 is 0.885 bits per heavy atom.